The second-order valence-electron chi connectivity index (χ2n) is 5.00. The van der Waals surface area contributed by atoms with E-state index in [9.17, 15) is 4.79 Å². The van der Waals surface area contributed by atoms with Gasteiger partial charge in [0, 0.05) is 13.5 Å². The topological polar surface area (TPSA) is 34.9 Å². The van der Waals surface area contributed by atoms with Crippen LogP contribution in [0, 0.1) is 6.92 Å². The number of carbonyl (C=O) groups excluding carboxylic acids is 1. The van der Waals surface area contributed by atoms with Gasteiger partial charge in [0.15, 0.2) is 0 Å². The van der Waals surface area contributed by atoms with Crippen LogP contribution >= 0.6 is 11.6 Å². The summed E-state index contributed by atoms with van der Waals surface area (Å²) >= 11 is 6.27. The largest absolute Gasteiger partial charge is 0.299 e. The van der Waals surface area contributed by atoms with Crippen molar-refractivity contribution in [1.82, 2.24) is 9.78 Å². The van der Waals surface area contributed by atoms with E-state index in [4.69, 9.17) is 11.6 Å². The maximum absolute atomic E-state index is 12.2. The van der Waals surface area contributed by atoms with E-state index in [1.807, 2.05) is 45.2 Å². The third-order valence-electron chi connectivity index (χ3n) is 3.52. The number of nitrogens with zero attached hydrogens (tertiary/aromatic N) is 2. The Labute approximate surface area is 124 Å². The fourth-order valence-electron chi connectivity index (χ4n) is 2.28. The number of rotatable bonds is 5. The normalized spacial score (nSPS) is 10.8. The maximum atomic E-state index is 12.2. The highest BCUT2D eigenvalue weighted by Crippen LogP contribution is 2.22. The Kier molecular flexibility index (Phi) is 4.61. The fraction of sp³-hybridized carbons (Fsp3) is 0.375. The first kappa shape index (κ1) is 14.8. The van der Waals surface area contributed by atoms with E-state index in [0.29, 0.717) is 17.9 Å². The van der Waals surface area contributed by atoms with E-state index in [1.165, 1.54) is 0 Å². The molecule has 2 aromatic rings. The van der Waals surface area contributed by atoms with Gasteiger partial charge in [-0.15, -0.1) is 0 Å². The molecule has 0 aliphatic rings. The summed E-state index contributed by atoms with van der Waals surface area (Å²) in [7, 11) is 1.83. The van der Waals surface area contributed by atoms with Gasteiger partial charge in [0.25, 0.3) is 0 Å². The molecule has 1 aromatic carbocycles. The number of halogens is 1. The Hall–Kier alpha value is -1.61. The summed E-state index contributed by atoms with van der Waals surface area (Å²) in [4.78, 5) is 12.2. The third kappa shape index (κ3) is 3.10. The molecule has 0 saturated carbocycles. The van der Waals surface area contributed by atoms with E-state index in [0.717, 1.165) is 28.9 Å². The number of ketones is 1. The van der Waals surface area contributed by atoms with Crippen molar-refractivity contribution < 1.29 is 4.79 Å². The average Bonchev–Trinajstić information content (AvgIpc) is 2.69. The predicted molar refractivity (Wildman–Crippen MR) is 81.2 cm³/mol. The molecule has 20 heavy (non-hydrogen) atoms. The fourth-order valence-corrected chi connectivity index (χ4v) is 2.64. The number of hydrogen-bond donors (Lipinski definition) is 0. The lowest BCUT2D eigenvalue weighted by atomic mass is 10.0. The number of aryl methyl sites for hydroxylation is 3. The zero-order valence-electron chi connectivity index (χ0n) is 12.1. The van der Waals surface area contributed by atoms with Gasteiger partial charge < -0.3 is 0 Å². The molecule has 0 bridgehead atoms. The van der Waals surface area contributed by atoms with Crippen LogP contribution in [0.2, 0.25) is 5.02 Å². The quantitative estimate of drug-likeness (QED) is 0.847. The minimum absolute atomic E-state index is 0.159. The Bertz CT molecular complexity index is 631. The summed E-state index contributed by atoms with van der Waals surface area (Å²) in [5.41, 5.74) is 3.88. The van der Waals surface area contributed by atoms with E-state index in [1.54, 1.807) is 4.68 Å². The molecule has 0 atom stereocenters. The van der Waals surface area contributed by atoms with Gasteiger partial charge in [-0.3, -0.25) is 9.48 Å². The van der Waals surface area contributed by atoms with Crippen LogP contribution in [0.5, 0.6) is 0 Å². The molecular weight excluding hydrogens is 272 g/mol. The Morgan fingerprint density at radius 3 is 2.60 bits per heavy atom. The zero-order chi connectivity index (χ0) is 14.7. The summed E-state index contributed by atoms with van der Waals surface area (Å²) in [6.45, 7) is 4.03. The van der Waals surface area contributed by atoms with Crippen molar-refractivity contribution in [2.45, 2.75) is 33.1 Å². The molecular formula is C16H19ClN2O. The van der Waals surface area contributed by atoms with Crippen LogP contribution in [-0.2, 0) is 31.1 Å². The van der Waals surface area contributed by atoms with Crippen LogP contribution in [-0.4, -0.2) is 15.6 Å². The van der Waals surface area contributed by atoms with Gasteiger partial charge >= 0.3 is 0 Å². The highest BCUT2D eigenvalue weighted by molar-refractivity contribution is 6.32. The van der Waals surface area contributed by atoms with Gasteiger partial charge in [0.1, 0.15) is 5.78 Å². The molecule has 0 N–H and O–H groups in total. The average molecular weight is 291 g/mol. The van der Waals surface area contributed by atoms with Gasteiger partial charge in [-0.2, -0.15) is 5.10 Å². The van der Waals surface area contributed by atoms with Crippen LogP contribution in [0.3, 0.4) is 0 Å². The molecule has 2 rings (SSSR count). The summed E-state index contributed by atoms with van der Waals surface area (Å²) in [5, 5.41) is 4.97. The number of hydrogen-bond acceptors (Lipinski definition) is 2. The minimum atomic E-state index is 0.159. The van der Waals surface area contributed by atoms with Crippen LogP contribution in [0.1, 0.15) is 29.4 Å². The van der Waals surface area contributed by atoms with E-state index in [2.05, 4.69) is 5.10 Å². The van der Waals surface area contributed by atoms with Crippen molar-refractivity contribution in [1.29, 1.82) is 0 Å². The van der Waals surface area contributed by atoms with Gasteiger partial charge in [-0.05, 0) is 24.5 Å². The minimum Gasteiger partial charge on any atom is -0.299 e. The van der Waals surface area contributed by atoms with Crippen LogP contribution in [0.4, 0.5) is 0 Å². The molecule has 0 saturated heterocycles. The van der Waals surface area contributed by atoms with Crippen molar-refractivity contribution in [3.05, 3.63) is 51.8 Å². The Morgan fingerprint density at radius 2 is 2.00 bits per heavy atom. The molecule has 0 aliphatic heterocycles. The summed E-state index contributed by atoms with van der Waals surface area (Å²) in [6, 6.07) is 7.96. The summed E-state index contributed by atoms with van der Waals surface area (Å²) in [6.07, 6.45) is 1.55. The number of benzene rings is 1. The molecule has 0 radical (unpaired) electrons. The highest BCUT2D eigenvalue weighted by Gasteiger charge is 2.16. The number of aromatic nitrogens is 2. The van der Waals surface area contributed by atoms with Gasteiger partial charge in [0.05, 0.1) is 22.8 Å². The van der Waals surface area contributed by atoms with E-state index in [-0.39, 0.29) is 5.78 Å². The molecule has 3 nitrogen and oxygen atoms in total. The number of Topliss-reactive ketones (excluding diaryl/α,β-unsaturated/α-hetero) is 1. The van der Waals surface area contributed by atoms with Crippen molar-refractivity contribution in [3.63, 3.8) is 0 Å². The first-order chi connectivity index (χ1) is 9.52. The lowest BCUT2D eigenvalue weighted by Gasteiger charge is -2.05. The second kappa shape index (κ2) is 6.23. The SMILES string of the molecule is CCc1nn(C)c(CC(=O)Cc2ccccc2C)c1Cl. The molecule has 4 heteroatoms. The molecule has 0 amide bonds. The smallest absolute Gasteiger partial charge is 0.143 e. The monoisotopic (exact) mass is 290 g/mol. The summed E-state index contributed by atoms with van der Waals surface area (Å²) in [5.74, 6) is 0.159. The zero-order valence-corrected chi connectivity index (χ0v) is 12.9. The lowest BCUT2D eigenvalue weighted by Crippen LogP contribution is -2.11. The predicted octanol–water partition coefficient (Wildman–Crippen LogP) is 3.30. The second-order valence-corrected chi connectivity index (χ2v) is 5.38. The van der Waals surface area contributed by atoms with Crippen molar-refractivity contribution in [2.75, 3.05) is 0 Å². The Balaban J connectivity index is 2.13. The Morgan fingerprint density at radius 1 is 1.30 bits per heavy atom. The molecule has 0 aliphatic carbocycles. The van der Waals surface area contributed by atoms with Crippen LogP contribution in [0.25, 0.3) is 0 Å². The van der Waals surface area contributed by atoms with Gasteiger partial charge in [0.2, 0.25) is 0 Å². The molecule has 1 heterocycles. The first-order valence-corrected chi connectivity index (χ1v) is 7.17. The maximum Gasteiger partial charge on any atom is 0.143 e. The number of carbonyl (C=O) groups is 1. The van der Waals surface area contributed by atoms with Crippen LogP contribution < -0.4 is 0 Å². The third-order valence-corrected chi connectivity index (χ3v) is 3.95. The van der Waals surface area contributed by atoms with Crippen molar-refractivity contribution in [3.8, 4) is 0 Å². The highest BCUT2D eigenvalue weighted by atomic mass is 35.5. The molecule has 106 valence electrons. The molecule has 0 spiro atoms. The molecule has 0 unspecified atom stereocenters. The van der Waals surface area contributed by atoms with Crippen molar-refractivity contribution in [2.24, 2.45) is 7.05 Å². The molecule has 1 aromatic heterocycles. The van der Waals surface area contributed by atoms with Crippen LogP contribution in [0.15, 0.2) is 24.3 Å². The van der Waals surface area contributed by atoms with Gasteiger partial charge in [-0.1, -0.05) is 42.8 Å². The lowest BCUT2D eigenvalue weighted by molar-refractivity contribution is -0.117. The van der Waals surface area contributed by atoms with Gasteiger partial charge in [-0.25, -0.2) is 0 Å². The van der Waals surface area contributed by atoms with E-state index < -0.39 is 0 Å². The molecule has 0 fully saturated rings. The summed E-state index contributed by atoms with van der Waals surface area (Å²) < 4.78 is 1.72. The van der Waals surface area contributed by atoms with E-state index >= 15 is 0 Å². The first-order valence-electron chi connectivity index (χ1n) is 6.79. The van der Waals surface area contributed by atoms with Crippen molar-refractivity contribution >= 4 is 17.4 Å². The standard InChI is InChI=1S/C16H19ClN2O/c1-4-14-16(17)15(19(3)18-14)10-13(20)9-12-8-6-5-7-11(12)2/h5-8H,4,9-10H2,1-3H3.